The highest BCUT2D eigenvalue weighted by Crippen LogP contribution is 2.31. The molecule has 110 valence electrons. The van der Waals surface area contributed by atoms with Crippen LogP contribution in [-0.2, 0) is 0 Å². The van der Waals surface area contributed by atoms with Crippen LogP contribution in [0.1, 0.15) is 10.4 Å². The Kier molecular flexibility index (Phi) is 2.67. The Balaban J connectivity index is 2.14. The van der Waals surface area contributed by atoms with Crippen molar-refractivity contribution < 1.29 is 4.39 Å². The Morgan fingerprint density at radius 1 is 1.27 bits per heavy atom. The SMILES string of the molecule is Cc1sc2[nH]c(=O)n3nc(-c4ccccc4F)nc3c2c1C. The highest BCUT2D eigenvalue weighted by atomic mass is 32.1. The average molecular weight is 314 g/mol. The number of aromatic amines is 1. The van der Waals surface area contributed by atoms with Crippen molar-refractivity contribution >= 4 is 27.2 Å². The fraction of sp³-hybridized carbons (Fsp3) is 0.133. The van der Waals surface area contributed by atoms with Crippen molar-refractivity contribution in [1.29, 1.82) is 0 Å². The standard InChI is InChI=1S/C15H11FN4OS/c1-7-8(2)22-14-11(7)13-17-12(19-20(13)15(21)18-14)9-5-3-4-6-10(9)16/h3-6H,1-2H3,(H,18,21). The fourth-order valence-electron chi connectivity index (χ4n) is 2.51. The van der Waals surface area contributed by atoms with Crippen LogP contribution in [0.3, 0.4) is 0 Å². The van der Waals surface area contributed by atoms with Crippen molar-refractivity contribution in [2.45, 2.75) is 13.8 Å². The maximum atomic E-state index is 13.9. The van der Waals surface area contributed by atoms with Crippen LogP contribution in [0.25, 0.3) is 27.3 Å². The highest BCUT2D eigenvalue weighted by molar-refractivity contribution is 7.18. The molecule has 0 radical (unpaired) electrons. The number of halogens is 1. The lowest BCUT2D eigenvalue weighted by Gasteiger charge is -1.95. The third-order valence-electron chi connectivity index (χ3n) is 3.74. The molecule has 22 heavy (non-hydrogen) atoms. The first-order chi connectivity index (χ1) is 10.6. The largest absolute Gasteiger partial charge is 0.349 e. The number of fused-ring (bicyclic) bond motifs is 3. The molecule has 4 rings (SSSR count). The van der Waals surface area contributed by atoms with Gasteiger partial charge in [-0.3, -0.25) is 4.98 Å². The summed E-state index contributed by atoms with van der Waals surface area (Å²) in [4.78, 5) is 21.2. The molecule has 1 aromatic carbocycles. The number of hydrogen-bond donors (Lipinski definition) is 1. The predicted octanol–water partition coefficient (Wildman–Crippen LogP) is 3.06. The van der Waals surface area contributed by atoms with Crippen molar-refractivity contribution in [2.75, 3.05) is 0 Å². The predicted molar refractivity (Wildman–Crippen MR) is 83.9 cm³/mol. The average Bonchev–Trinajstić information content (AvgIpc) is 3.03. The molecular formula is C15H11FN4OS. The van der Waals surface area contributed by atoms with Gasteiger partial charge in [-0.2, -0.15) is 4.52 Å². The van der Waals surface area contributed by atoms with E-state index in [0.29, 0.717) is 5.65 Å². The first kappa shape index (κ1) is 13.1. The molecule has 1 N–H and O–H groups in total. The molecule has 0 saturated carbocycles. The summed E-state index contributed by atoms with van der Waals surface area (Å²) in [6.07, 6.45) is 0. The van der Waals surface area contributed by atoms with E-state index in [0.717, 1.165) is 20.7 Å². The number of thiophene rings is 1. The number of rotatable bonds is 1. The van der Waals surface area contributed by atoms with E-state index in [1.807, 2.05) is 13.8 Å². The van der Waals surface area contributed by atoms with Gasteiger partial charge in [-0.25, -0.2) is 14.2 Å². The second-order valence-corrected chi connectivity index (χ2v) is 6.29. The van der Waals surface area contributed by atoms with Gasteiger partial charge < -0.3 is 0 Å². The van der Waals surface area contributed by atoms with Crippen molar-refractivity contribution in [3.8, 4) is 11.4 Å². The summed E-state index contributed by atoms with van der Waals surface area (Å²) in [6, 6.07) is 6.26. The van der Waals surface area contributed by atoms with Crippen molar-refractivity contribution in [2.24, 2.45) is 0 Å². The van der Waals surface area contributed by atoms with E-state index in [2.05, 4.69) is 15.1 Å². The molecule has 0 aliphatic heterocycles. The number of aromatic nitrogens is 4. The molecule has 3 heterocycles. The zero-order chi connectivity index (χ0) is 15.4. The summed E-state index contributed by atoms with van der Waals surface area (Å²) >= 11 is 1.51. The van der Waals surface area contributed by atoms with Crippen LogP contribution in [0, 0.1) is 19.7 Å². The van der Waals surface area contributed by atoms with E-state index in [9.17, 15) is 9.18 Å². The zero-order valence-electron chi connectivity index (χ0n) is 11.8. The normalized spacial score (nSPS) is 11.6. The molecule has 0 bridgehead atoms. The minimum absolute atomic E-state index is 0.208. The molecule has 0 fully saturated rings. The summed E-state index contributed by atoms with van der Waals surface area (Å²) in [5, 5.41) is 5.03. The van der Waals surface area contributed by atoms with Crippen LogP contribution in [0.5, 0.6) is 0 Å². The van der Waals surface area contributed by atoms with Crippen LogP contribution >= 0.6 is 11.3 Å². The lowest BCUT2D eigenvalue weighted by atomic mass is 10.2. The Morgan fingerprint density at radius 3 is 2.82 bits per heavy atom. The third-order valence-corrected chi connectivity index (χ3v) is 4.87. The Morgan fingerprint density at radius 2 is 2.05 bits per heavy atom. The van der Waals surface area contributed by atoms with Crippen LogP contribution in [-0.4, -0.2) is 19.6 Å². The maximum absolute atomic E-state index is 13.9. The maximum Gasteiger partial charge on any atom is 0.349 e. The van der Waals surface area contributed by atoms with Gasteiger partial charge in [0.25, 0.3) is 0 Å². The van der Waals surface area contributed by atoms with Crippen molar-refractivity contribution in [3.05, 3.63) is 51.0 Å². The van der Waals surface area contributed by atoms with Crippen molar-refractivity contribution in [3.63, 3.8) is 0 Å². The van der Waals surface area contributed by atoms with E-state index < -0.39 is 5.82 Å². The summed E-state index contributed by atoms with van der Waals surface area (Å²) < 4.78 is 15.1. The quantitative estimate of drug-likeness (QED) is 0.587. The van der Waals surface area contributed by atoms with E-state index in [1.54, 1.807) is 18.2 Å². The second kappa shape index (κ2) is 4.48. The lowest BCUT2D eigenvalue weighted by molar-refractivity contribution is 0.630. The van der Waals surface area contributed by atoms with Gasteiger partial charge in [-0.15, -0.1) is 16.4 Å². The number of aryl methyl sites for hydroxylation is 2. The molecule has 0 aliphatic carbocycles. The van der Waals surface area contributed by atoms with Crippen LogP contribution in [0.15, 0.2) is 29.1 Å². The van der Waals surface area contributed by atoms with Gasteiger partial charge in [-0.05, 0) is 31.5 Å². The van der Waals surface area contributed by atoms with E-state index >= 15 is 0 Å². The fourth-order valence-corrected chi connectivity index (χ4v) is 3.55. The van der Waals surface area contributed by atoms with Gasteiger partial charge in [-0.1, -0.05) is 12.1 Å². The number of hydrogen-bond acceptors (Lipinski definition) is 4. The van der Waals surface area contributed by atoms with E-state index in [4.69, 9.17) is 0 Å². The molecule has 0 amide bonds. The smallest absolute Gasteiger partial charge is 0.297 e. The zero-order valence-corrected chi connectivity index (χ0v) is 12.7. The van der Waals surface area contributed by atoms with Crippen LogP contribution in [0.2, 0.25) is 0 Å². The Bertz CT molecular complexity index is 1090. The molecule has 0 unspecified atom stereocenters. The van der Waals surface area contributed by atoms with Gasteiger partial charge in [0, 0.05) is 4.88 Å². The minimum atomic E-state index is -0.413. The van der Waals surface area contributed by atoms with Gasteiger partial charge in [0.1, 0.15) is 10.6 Å². The number of nitrogens with one attached hydrogen (secondary N) is 1. The molecule has 0 saturated heterocycles. The number of benzene rings is 1. The first-order valence-corrected chi connectivity index (χ1v) is 7.51. The number of nitrogens with zero attached hydrogens (tertiary/aromatic N) is 3. The first-order valence-electron chi connectivity index (χ1n) is 6.70. The monoisotopic (exact) mass is 314 g/mol. The molecule has 0 spiro atoms. The molecule has 0 aliphatic rings. The summed E-state index contributed by atoms with van der Waals surface area (Å²) in [7, 11) is 0. The summed E-state index contributed by atoms with van der Waals surface area (Å²) in [5.74, 6) is -0.205. The summed E-state index contributed by atoms with van der Waals surface area (Å²) in [5.41, 5.74) is 1.41. The Labute approximate surface area is 128 Å². The van der Waals surface area contributed by atoms with E-state index in [-0.39, 0.29) is 17.1 Å². The highest BCUT2D eigenvalue weighted by Gasteiger charge is 2.17. The van der Waals surface area contributed by atoms with Gasteiger partial charge in [0.05, 0.1) is 10.9 Å². The van der Waals surface area contributed by atoms with Crippen LogP contribution < -0.4 is 5.69 Å². The van der Waals surface area contributed by atoms with Crippen LogP contribution in [0.4, 0.5) is 4.39 Å². The molecule has 4 aromatic rings. The van der Waals surface area contributed by atoms with Gasteiger partial charge in [0.15, 0.2) is 11.5 Å². The minimum Gasteiger partial charge on any atom is -0.297 e. The second-order valence-electron chi connectivity index (χ2n) is 5.07. The topological polar surface area (TPSA) is 63.0 Å². The Hall–Kier alpha value is -2.54. The third kappa shape index (κ3) is 1.72. The van der Waals surface area contributed by atoms with Crippen molar-refractivity contribution in [1.82, 2.24) is 19.6 Å². The van der Waals surface area contributed by atoms with Gasteiger partial charge in [0.2, 0.25) is 0 Å². The molecule has 3 aromatic heterocycles. The van der Waals surface area contributed by atoms with E-state index in [1.165, 1.54) is 21.9 Å². The molecule has 0 atom stereocenters. The molecule has 5 nitrogen and oxygen atoms in total. The van der Waals surface area contributed by atoms with Gasteiger partial charge >= 0.3 is 5.69 Å². The molecular weight excluding hydrogens is 303 g/mol. The summed E-state index contributed by atoms with van der Waals surface area (Å²) in [6.45, 7) is 3.97. The lowest BCUT2D eigenvalue weighted by Crippen LogP contribution is -2.16. The molecule has 7 heteroatoms. The number of H-pyrrole nitrogens is 1.